The van der Waals surface area contributed by atoms with Crippen molar-refractivity contribution in [3.05, 3.63) is 23.9 Å². The number of nitrogens with two attached hydrogens (primary N) is 1. The average Bonchev–Trinajstić information content (AvgIpc) is 2.58. The first-order valence-electron chi connectivity index (χ1n) is 4.55. The van der Waals surface area contributed by atoms with Gasteiger partial charge >= 0.3 is 0 Å². The topological polar surface area (TPSA) is 89.3 Å². The van der Waals surface area contributed by atoms with Crippen LogP contribution in [0.2, 0.25) is 0 Å². The van der Waals surface area contributed by atoms with Crippen LogP contribution in [0.1, 0.15) is 18.6 Å². The van der Waals surface area contributed by atoms with Gasteiger partial charge in [0, 0.05) is 6.54 Å². The zero-order chi connectivity index (χ0) is 11.3. The highest BCUT2D eigenvalue weighted by Gasteiger charge is 2.00. The predicted molar refractivity (Wildman–Crippen MR) is 57.2 cm³/mol. The summed E-state index contributed by atoms with van der Waals surface area (Å²) >= 11 is 0. The Bertz CT molecular complexity index is 368. The zero-order valence-corrected chi connectivity index (χ0v) is 8.95. The molecule has 0 amide bonds. The molecule has 15 heavy (non-hydrogen) atoms. The molecule has 0 spiro atoms. The summed E-state index contributed by atoms with van der Waals surface area (Å²) in [7, 11) is 0. The molecule has 1 aromatic heterocycles. The van der Waals surface area contributed by atoms with Crippen molar-refractivity contribution >= 4 is 5.96 Å². The predicted octanol–water partition coefficient (Wildman–Crippen LogP) is 0.358. The lowest BCUT2D eigenvalue weighted by Gasteiger charge is -2.03. The number of hydrogen-bond donors (Lipinski definition) is 2. The summed E-state index contributed by atoms with van der Waals surface area (Å²) < 4.78 is 4.87. The molecule has 3 N–H and O–H groups in total. The first-order valence-corrected chi connectivity index (χ1v) is 4.55. The van der Waals surface area contributed by atoms with Gasteiger partial charge in [-0.15, -0.1) is 0 Å². The van der Waals surface area contributed by atoms with E-state index < -0.39 is 0 Å². The molecule has 0 fully saturated rings. The normalized spacial score (nSPS) is 11.5. The monoisotopic (exact) mass is 209 g/mol. The number of hydrogen-bond acceptors (Lipinski definition) is 4. The van der Waals surface area contributed by atoms with Crippen molar-refractivity contribution in [2.45, 2.75) is 20.4 Å². The molecule has 0 aliphatic carbocycles. The van der Waals surface area contributed by atoms with Crippen LogP contribution in [0, 0.1) is 6.92 Å². The highest BCUT2D eigenvalue weighted by Crippen LogP contribution is 1.96. The molecule has 1 aromatic rings. The molecule has 0 saturated carbocycles. The van der Waals surface area contributed by atoms with Crippen LogP contribution in [0.15, 0.2) is 21.7 Å². The molecular weight excluding hydrogens is 194 g/mol. The summed E-state index contributed by atoms with van der Waals surface area (Å²) in [6, 6.07) is 0. The number of rotatable bonds is 4. The van der Waals surface area contributed by atoms with E-state index in [2.05, 4.69) is 27.0 Å². The average molecular weight is 209 g/mol. The minimum absolute atomic E-state index is 0.288. The standard InChI is InChI=1S/C9H15N5O/c1-6(2)4-11-9(10)12-5-8-13-7(3)14-15-8/h1,4-5H2,2-3H3,(H3,10,11,12). The van der Waals surface area contributed by atoms with Gasteiger partial charge in [0.05, 0.1) is 0 Å². The van der Waals surface area contributed by atoms with Crippen molar-refractivity contribution in [3.8, 4) is 0 Å². The highest BCUT2D eigenvalue weighted by atomic mass is 16.5. The fourth-order valence-corrected chi connectivity index (χ4v) is 0.854. The molecule has 0 saturated heterocycles. The van der Waals surface area contributed by atoms with Gasteiger partial charge in [0.2, 0.25) is 5.89 Å². The van der Waals surface area contributed by atoms with Gasteiger partial charge in [0.15, 0.2) is 11.8 Å². The summed E-state index contributed by atoms with van der Waals surface area (Å²) in [5, 5.41) is 6.54. The Balaban J connectivity index is 2.40. The molecule has 0 unspecified atom stereocenters. The Labute approximate surface area is 88.3 Å². The van der Waals surface area contributed by atoms with Crippen LogP contribution in [-0.2, 0) is 6.54 Å². The Morgan fingerprint density at radius 2 is 2.40 bits per heavy atom. The summed E-state index contributed by atoms with van der Waals surface area (Å²) in [5.41, 5.74) is 6.57. The van der Waals surface area contributed by atoms with Crippen molar-refractivity contribution in [1.29, 1.82) is 0 Å². The first kappa shape index (κ1) is 11.2. The van der Waals surface area contributed by atoms with Gasteiger partial charge in [-0.05, 0) is 13.8 Å². The molecule has 0 atom stereocenters. The second-order valence-corrected chi connectivity index (χ2v) is 3.25. The summed E-state index contributed by atoms with van der Waals surface area (Å²) in [6.07, 6.45) is 0. The minimum atomic E-state index is 0.288. The first-order chi connectivity index (χ1) is 7.08. The summed E-state index contributed by atoms with van der Waals surface area (Å²) in [6.45, 7) is 8.29. The minimum Gasteiger partial charge on any atom is -0.370 e. The van der Waals surface area contributed by atoms with Crippen LogP contribution in [0.3, 0.4) is 0 Å². The lowest BCUT2D eigenvalue weighted by atomic mass is 10.3. The van der Waals surface area contributed by atoms with Gasteiger partial charge in [-0.25, -0.2) is 4.99 Å². The molecule has 0 aliphatic rings. The van der Waals surface area contributed by atoms with Gasteiger partial charge in [0.1, 0.15) is 6.54 Å². The van der Waals surface area contributed by atoms with E-state index in [1.807, 2.05) is 6.92 Å². The van der Waals surface area contributed by atoms with E-state index in [9.17, 15) is 0 Å². The molecule has 6 nitrogen and oxygen atoms in total. The van der Waals surface area contributed by atoms with E-state index in [-0.39, 0.29) is 6.54 Å². The number of nitrogens with zero attached hydrogens (tertiary/aromatic N) is 3. The molecule has 0 aromatic carbocycles. The smallest absolute Gasteiger partial charge is 0.248 e. The third-order valence-electron chi connectivity index (χ3n) is 1.53. The molecule has 6 heteroatoms. The number of aromatic nitrogens is 2. The molecule has 0 radical (unpaired) electrons. The van der Waals surface area contributed by atoms with Crippen molar-refractivity contribution in [3.63, 3.8) is 0 Å². The van der Waals surface area contributed by atoms with Crippen molar-refractivity contribution < 1.29 is 4.52 Å². The lowest BCUT2D eigenvalue weighted by Crippen LogP contribution is -2.32. The van der Waals surface area contributed by atoms with Gasteiger partial charge in [-0.3, -0.25) is 0 Å². The molecule has 1 heterocycles. The van der Waals surface area contributed by atoms with E-state index in [4.69, 9.17) is 10.3 Å². The van der Waals surface area contributed by atoms with Gasteiger partial charge < -0.3 is 15.6 Å². The Kier molecular flexibility index (Phi) is 3.84. The zero-order valence-electron chi connectivity index (χ0n) is 8.95. The maximum Gasteiger partial charge on any atom is 0.248 e. The third-order valence-corrected chi connectivity index (χ3v) is 1.53. The van der Waals surface area contributed by atoms with Crippen molar-refractivity contribution in [1.82, 2.24) is 15.5 Å². The molecular formula is C9H15N5O. The van der Waals surface area contributed by atoms with E-state index in [0.29, 0.717) is 24.2 Å². The lowest BCUT2D eigenvalue weighted by molar-refractivity contribution is 0.376. The molecule has 82 valence electrons. The maximum atomic E-state index is 5.58. The van der Waals surface area contributed by atoms with E-state index in [1.165, 1.54) is 0 Å². The second kappa shape index (κ2) is 5.14. The highest BCUT2D eigenvalue weighted by molar-refractivity contribution is 5.77. The quantitative estimate of drug-likeness (QED) is 0.424. The fourth-order valence-electron chi connectivity index (χ4n) is 0.854. The van der Waals surface area contributed by atoms with Crippen LogP contribution >= 0.6 is 0 Å². The Morgan fingerprint density at radius 3 is 2.93 bits per heavy atom. The number of nitrogens with one attached hydrogen (secondary N) is 1. The summed E-state index contributed by atoms with van der Waals surface area (Å²) in [5.74, 6) is 1.38. The maximum absolute atomic E-state index is 5.58. The largest absolute Gasteiger partial charge is 0.370 e. The van der Waals surface area contributed by atoms with Crippen LogP contribution < -0.4 is 11.1 Å². The SMILES string of the molecule is C=C(C)CNC(N)=NCc1nc(C)no1. The molecule has 0 aliphatic heterocycles. The van der Waals surface area contributed by atoms with E-state index in [1.54, 1.807) is 6.92 Å². The third kappa shape index (κ3) is 4.26. The number of guanidine groups is 1. The van der Waals surface area contributed by atoms with Gasteiger partial charge in [-0.1, -0.05) is 17.3 Å². The Hall–Kier alpha value is -1.85. The van der Waals surface area contributed by atoms with Gasteiger partial charge in [0.25, 0.3) is 0 Å². The van der Waals surface area contributed by atoms with Crippen LogP contribution in [-0.4, -0.2) is 22.6 Å². The van der Waals surface area contributed by atoms with Gasteiger partial charge in [-0.2, -0.15) is 4.98 Å². The fraction of sp³-hybridized carbons (Fsp3) is 0.444. The summed E-state index contributed by atoms with van der Waals surface area (Å²) in [4.78, 5) is 8.02. The Morgan fingerprint density at radius 1 is 1.67 bits per heavy atom. The van der Waals surface area contributed by atoms with E-state index >= 15 is 0 Å². The number of aliphatic imine (C=N–C) groups is 1. The van der Waals surface area contributed by atoms with Crippen molar-refractivity contribution in [2.24, 2.45) is 10.7 Å². The van der Waals surface area contributed by atoms with Crippen LogP contribution in [0.25, 0.3) is 0 Å². The van der Waals surface area contributed by atoms with Crippen LogP contribution in [0.4, 0.5) is 0 Å². The van der Waals surface area contributed by atoms with Crippen molar-refractivity contribution in [2.75, 3.05) is 6.54 Å². The number of aryl methyl sites for hydroxylation is 1. The molecule has 0 bridgehead atoms. The molecule has 1 rings (SSSR count). The second-order valence-electron chi connectivity index (χ2n) is 3.25. The van der Waals surface area contributed by atoms with E-state index in [0.717, 1.165) is 5.57 Å². The van der Waals surface area contributed by atoms with Crippen LogP contribution in [0.5, 0.6) is 0 Å².